The smallest absolute Gasteiger partial charge is 0.226 e. The molecular formula is C14H18F2N2O2. The van der Waals surface area contributed by atoms with Crippen molar-refractivity contribution in [1.82, 2.24) is 4.90 Å². The second kappa shape index (κ2) is 6.98. The van der Waals surface area contributed by atoms with Gasteiger partial charge in [0.2, 0.25) is 11.8 Å². The molecule has 2 amide bonds. The van der Waals surface area contributed by atoms with E-state index in [1.54, 1.807) is 4.90 Å². The zero-order valence-electron chi connectivity index (χ0n) is 11.7. The molecule has 0 aliphatic carbocycles. The van der Waals surface area contributed by atoms with Gasteiger partial charge in [-0.25, -0.2) is 8.78 Å². The molecule has 0 bridgehead atoms. The summed E-state index contributed by atoms with van der Waals surface area (Å²) in [7, 11) is 0. The fourth-order valence-corrected chi connectivity index (χ4v) is 1.80. The number of hydrogen-bond acceptors (Lipinski definition) is 2. The van der Waals surface area contributed by atoms with Crippen molar-refractivity contribution in [2.24, 2.45) is 0 Å². The van der Waals surface area contributed by atoms with Gasteiger partial charge in [0, 0.05) is 37.7 Å². The Morgan fingerprint density at radius 2 is 1.90 bits per heavy atom. The molecule has 20 heavy (non-hydrogen) atoms. The normalized spacial score (nSPS) is 10.5. The highest BCUT2D eigenvalue weighted by Crippen LogP contribution is 2.13. The van der Waals surface area contributed by atoms with Crippen LogP contribution in [0.4, 0.5) is 14.5 Å². The number of amides is 2. The number of nitrogens with zero attached hydrogens (tertiary/aromatic N) is 1. The Labute approximate surface area is 116 Å². The summed E-state index contributed by atoms with van der Waals surface area (Å²) in [5, 5.41) is 2.46. The Balaban J connectivity index is 2.55. The Morgan fingerprint density at radius 3 is 2.40 bits per heavy atom. The first-order valence-electron chi connectivity index (χ1n) is 6.33. The van der Waals surface area contributed by atoms with E-state index in [2.05, 4.69) is 5.32 Å². The highest BCUT2D eigenvalue weighted by molar-refractivity contribution is 5.91. The van der Waals surface area contributed by atoms with Crippen molar-refractivity contribution in [1.29, 1.82) is 0 Å². The van der Waals surface area contributed by atoms with Crippen molar-refractivity contribution in [3.63, 3.8) is 0 Å². The maximum absolute atomic E-state index is 13.0. The Morgan fingerprint density at radius 1 is 1.25 bits per heavy atom. The molecular weight excluding hydrogens is 266 g/mol. The number of benzene rings is 1. The molecule has 1 aromatic rings. The van der Waals surface area contributed by atoms with E-state index in [1.165, 1.54) is 13.0 Å². The van der Waals surface area contributed by atoms with Crippen LogP contribution in [0, 0.1) is 11.6 Å². The van der Waals surface area contributed by atoms with Crippen LogP contribution in [-0.4, -0.2) is 29.3 Å². The van der Waals surface area contributed by atoms with Crippen LogP contribution in [0.25, 0.3) is 0 Å². The number of rotatable bonds is 5. The lowest BCUT2D eigenvalue weighted by Gasteiger charge is -2.24. The largest absolute Gasteiger partial charge is 0.340 e. The van der Waals surface area contributed by atoms with Gasteiger partial charge in [-0.3, -0.25) is 9.59 Å². The molecule has 110 valence electrons. The van der Waals surface area contributed by atoms with E-state index in [4.69, 9.17) is 0 Å². The summed E-state index contributed by atoms with van der Waals surface area (Å²) >= 11 is 0. The van der Waals surface area contributed by atoms with Crippen LogP contribution >= 0.6 is 0 Å². The second-order valence-electron chi connectivity index (χ2n) is 4.73. The van der Waals surface area contributed by atoms with Crippen LogP contribution in [0.15, 0.2) is 18.2 Å². The van der Waals surface area contributed by atoms with E-state index in [0.29, 0.717) is 0 Å². The molecule has 1 N–H and O–H groups in total. The van der Waals surface area contributed by atoms with Gasteiger partial charge in [0.05, 0.1) is 0 Å². The van der Waals surface area contributed by atoms with Crippen LogP contribution in [0.3, 0.4) is 0 Å². The lowest BCUT2D eigenvalue weighted by Crippen LogP contribution is -2.37. The van der Waals surface area contributed by atoms with Crippen molar-refractivity contribution in [2.75, 3.05) is 11.9 Å². The zero-order valence-corrected chi connectivity index (χ0v) is 11.7. The molecule has 0 radical (unpaired) electrons. The molecule has 1 rings (SSSR count). The van der Waals surface area contributed by atoms with Crippen LogP contribution < -0.4 is 5.32 Å². The Kier molecular flexibility index (Phi) is 5.61. The molecule has 0 fully saturated rings. The van der Waals surface area contributed by atoms with E-state index >= 15 is 0 Å². The van der Waals surface area contributed by atoms with Gasteiger partial charge >= 0.3 is 0 Å². The fourth-order valence-electron chi connectivity index (χ4n) is 1.80. The molecule has 1 aromatic carbocycles. The predicted molar refractivity (Wildman–Crippen MR) is 72.1 cm³/mol. The monoisotopic (exact) mass is 284 g/mol. The Bertz CT molecular complexity index is 504. The SMILES string of the molecule is CC(=O)N(CCC(=O)Nc1ccc(F)c(F)c1)C(C)C. The molecule has 6 heteroatoms. The average Bonchev–Trinajstić information content (AvgIpc) is 2.33. The van der Waals surface area contributed by atoms with Crippen LogP contribution in [0.5, 0.6) is 0 Å². The lowest BCUT2D eigenvalue weighted by atomic mass is 10.2. The first kappa shape index (κ1) is 16.1. The number of nitrogens with one attached hydrogen (secondary N) is 1. The van der Waals surface area contributed by atoms with E-state index < -0.39 is 11.6 Å². The quantitative estimate of drug-likeness (QED) is 0.903. The first-order chi connectivity index (χ1) is 9.31. The molecule has 0 heterocycles. The molecule has 0 spiro atoms. The molecule has 0 saturated carbocycles. The van der Waals surface area contributed by atoms with E-state index in [9.17, 15) is 18.4 Å². The summed E-state index contributed by atoms with van der Waals surface area (Å²) in [6.07, 6.45) is 0.0940. The summed E-state index contributed by atoms with van der Waals surface area (Å²) in [5.74, 6) is -2.45. The first-order valence-corrected chi connectivity index (χ1v) is 6.33. The molecule has 0 aliphatic heterocycles. The number of carbonyl (C=O) groups excluding carboxylic acids is 2. The van der Waals surface area contributed by atoms with E-state index in [0.717, 1.165) is 12.1 Å². The summed E-state index contributed by atoms with van der Waals surface area (Å²) in [5.41, 5.74) is 0.188. The van der Waals surface area contributed by atoms with Gasteiger partial charge in [0.25, 0.3) is 0 Å². The van der Waals surface area contributed by atoms with Gasteiger partial charge in [-0.15, -0.1) is 0 Å². The molecule has 0 atom stereocenters. The van der Waals surface area contributed by atoms with Gasteiger partial charge < -0.3 is 10.2 Å². The highest BCUT2D eigenvalue weighted by atomic mass is 19.2. The summed E-state index contributed by atoms with van der Waals surface area (Å²) in [6.45, 7) is 5.43. The minimum Gasteiger partial charge on any atom is -0.340 e. The summed E-state index contributed by atoms with van der Waals surface area (Å²) < 4.78 is 25.7. The van der Waals surface area contributed by atoms with Crippen molar-refractivity contribution < 1.29 is 18.4 Å². The van der Waals surface area contributed by atoms with Crippen molar-refractivity contribution >= 4 is 17.5 Å². The summed E-state index contributed by atoms with van der Waals surface area (Å²) in [6, 6.07) is 3.14. The lowest BCUT2D eigenvalue weighted by molar-refractivity contribution is -0.130. The maximum atomic E-state index is 13.0. The zero-order chi connectivity index (χ0) is 15.3. The third-order valence-corrected chi connectivity index (χ3v) is 2.81. The second-order valence-corrected chi connectivity index (χ2v) is 4.73. The van der Waals surface area contributed by atoms with Crippen LogP contribution in [-0.2, 0) is 9.59 Å². The van der Waals surface area contributed by atoms with Crippen molar-refractivity contribution in [3.8, 4) is 0 Å². The van der Waals surface area contributed by atoms with Crippen LogP contribution in [0.1, 0.15) is 27.2 Å². The molecule has 0 unspecified atom stereocenters. The van der Waals surface area contributed by atoms with Gasteiger partial charge in [-0.05, 0) is 26.0 Å². The molecule has 0 aliphatic rings. The Hall–Kier alpha value is -1.98. The minimum atomic E-state index is -1.02. The van der Waals surface area contributed by atoms with Gasteiger partial charge in [0.1, 0.15) is 0 Å². The standard InChI is InChI=1S/C14H18F2N2O2/c1-9(2)18(10(3)19)7-6-14(20)17-11-4-5-12(15)13(16)8-11/h4-5,8-9H,6-7H2,1-3H3,(H,17,20). The minimum absolute atomic E-state index is 0.00330. The fraction of sp³-hybridized carbons (Fsp3) is 0.429. The van der Waals surface area contributed by atoms with Crippen molar-refractivity contribution in [2.45, 2.75) is 33.2 Å². The number of anilines is 1. The predicted octanol–water partition coefficient (Wildman–Crippen LogP) is 2.55. The number of halogens is 2. The number of carbonyl (C=O) groups is 2. The molecule has 4 nitrogen and oxygen atoms in total. The van der Waals surface area contributed by atoms with Gasteiger partial charge in [0.15, 0.2) is 11.6 Å². The van der Waals surface area contributed by atoms with Gasteiger partial charge in [-0.2, -0.15) is 0 Å². The third kappa shape index (κ3) is 4.60. The van der Waals surface area contributed by atoms with E-state index in [-0.39, 0.29) is 36.5 Å². The number of hydrogen-bond donors (Lipinski definition) is 1. The topological polar surface area (TPSA) is 49.4 Å². The summed E-state index contributed by atoms with van der Waals surface area (Å²) in [4.78, 5) is 24.6. The average molecular weight is 284 g/mol. The van der Waals surface area contributed by atoms with Crippen LogP contribution in [0.2, 0.25) is 0 Å². The third-order valence-electron chi connectivity index (χ3n) is 2.81. The van der Waals surface area contributed by atoms with Gasteiger partial charge in [-0.1, -0.05) is 0 Å². The molecule has 0 saturated heterocycles. The maximum Gasteiger partial charge on any atom is 0.226 e. The van der Waals surface area contributed by atoms with E-state index in [1.807, 2.05) is 13.8 Å². The molecule has 0 aromatic heterocycles. The van der Waals surface area contributed by atoms with Crippen molar-refractivity contribution in [3.05, 3.63) is 29.8 Å². The highest BCUT2D eigenvalue weighted by Gasteiger charge is 2.14.